The van der Waals surface area contributed by atoms with E-state index in [1.165, 1.54) is 16.5 Å². The van der Waals surface area contributed by atoms with Gasteiger partial charge in [0.1, 0.15) is 0 Å². The second-order valence-corrected chi connectivity index (χ2v) is 7.42. The Hall–Kier alpha value is -2.20. The Bertz CT molecular complexity index is 904. The van der Waals surface area contributed by atoms with E-state index in [1.807, 2.05) is 19.9 Å². The number of amides is 1. The molecule has 0 radical (unpaired) electrons. The molecular weight excluding hydrogens is 328 g/mol. The molecule has 1 heterocycles. The van der Waals surface area contributed by atoms with Gasteiger partial charge in [-0.2, -0.15) is 0 Å². The van der Waals surface area contributed by atoms with Crippen LogP contribution in [0.4, 0.5) is 5.69 Å². The summed E-state index contributed by atoms with van der Waals surface area (Å²) in [6, 6.07) is 12.6. The zero-order valence-electron chi connectivity index (χ0n) is 15.2. The second kappa shape index (κ2) is 7.36. The molecular formula is C21H24N2OS. The van der Waals surface area contributed by atoms with Gasteiger partial charge >= 0.3 is 0 Å². The van der Waals surface area contributed by atoms with Crippen molar-refractivity contribution >= 4 is 34.3 Å². The molecule has 2 aromatic carbocycles. The van der Waals surface area contributed by atoms with Crippen LogP contribution in [0.25, 0.3) is 10.9 Å². The number of carbonyl (C=O) groups is 1. The summed E-state index contributed by atoms with van der Waals surface area (Å²) in [5.41, 5.74) is 5.59. The first-order valence-corrected chi connectivity index (χ1v) is 9.56. The molecule has 0 saturated heterocycles. The monoisotopic (exact) mass is 352 g/mol. The lowest BCUT2D eigenvalue weighted by Gasteiger charge is -2.12. The molecule has 25 heavy (non-hydrogen) atoms. The third-order valence-electron chi connectivity index (χ3n) is 4.39. The highest BCUT2D eigenvalue weighted by Gasteiger charge is 2.12. The minimum Gasteiger partial charge on any atom is -0.347 e. The average Bonchev–Trinajstić information content (AvgIpc) is 2.94. The Balaban J connectivity index is 1.73. The third kappa shape index (κ3) is 3.74. The zero-order chi connectivity index (χ0) is 18.0. The lowest BCUT2D eigenvalue weighted by molar-refractivity contribution is -0.113. The highest BCUT2D eigenvalue weighted by atomic mass is 32.2. The molecule has 3 aromatic rings. The molecule has 1 N–H and O–H groups in total. The van der Waals surface area contributed by atoms with Gasteiger partial charge in [0.05, 0.1) is 5.75 Å². The number of thioether (sulfide) groups is 1. The molecule has 0 aliphatic heterocycles. The Morgan fingerprint density at radius 1 is 1.12 bits per heavy atom. The van der Waals surface area contributed by atoms with Crippen LogP contribution in [-0.2, 0) is 11.3 Å². The maximum Gasteiger partial charge on any atom is 0.234 e. The van der Waals surface area contributed by atoms with E-state index in [4.69, 9.17) is 0 Å². The molecule has 3 nitrogen and oxygen atoms in total. The van der Waals surface area contributed by atoms with Gasteiger partial charge in [0.2, 0.25) is 5.91 Å². The summed E-state index contributed by atoms with van der Waals surface area (Å²) in [6.45, 7) is 9.21. The highest BCUT2D eigenvalue weighted by Crippen LogP contribution is 2.30. The number of benzene rings is 2. The Kier molecular flexibility index (Phi) is 5.19. The second-order valence-electron chi connectivity index (χ2n) is 6.41. The molecule has 0 aliphatic carbocycles. The molecule has 3 rings (SSSR count). The van der Waals surface area contributed by atoms with Gasteiger partial charge in [0.25, 0.3) is 0 Å². The van der Waals surface area contributed by atoms with Gasteiger partial charge in [-0.15, -0.1) is 11.8 Å². The van der Waals surface area contributed by atoms with Crippen molar-refractivity contribution in [3.63, 3.8) is 0 Å². The van der Waals surface area contributed by atoms with E-state index < -0.39 is 0 Å². The predicted molar refractivity (Wildman–Crippen MR) is 108 cm³/mol. The van der Waals surface area contributed by atoms with Gasteiger partial charge in [0, 0.05) is 34.2 Å². The number of nitrogens with one attached hydrogen (secondary N) is 1. The van der Waals surface area contributed by atoms with Crippen LogP contribution in [0.1, 0.15) is 23.6 Å². The maximum absolute atomic E-state index is 12.4. The third-order valence-corrected chi connectivity index (χ3v) is 5.44. The number of para-hydroxylation sites is 1. The molecule has 0 spiro atoms. The van der Waals surface area contributed by atoms with E-state index in [0.717, 1.165) is 28.3 Å². The van der Waals surface area contributed by atoms with Gasteiger partial charge in [-0.1, -0.05) is 35.9 Å². The van der Waals surface area contributed by atoms with Crippen LogP contribution in [0.15, 0.2) is 47.5 Å². The van der Waals surface area contributed by atoms with Crippen molar-refractivity contribution in [1.29, 1.82) is 0 Å². The molecule has 0 saturated carbocycles. The van der Waals surface area contributed by atoms with E-state index in [9.17, 15) is 4.79 Å². The molecule has 0 aliphatic rings. The first-order valence-electron chi connectivity index (χ1n) is 8.58. The van der Waals surface area contributed by atoms with Crippen molar-refractivity contribution < 1.29 is 4.79 Å². The minimum absolute atomic E-state index is 0.0355. The van der Waals surface area contributed by atoms with Crippen LogP contribution in [0.2, 0.25) is 0 Å². The van der Waals surface area contributed by atoms with Crippen LogP contribution < -0.4 is 5.32 Å². The summed E-state index contributed by atoms with van der Waals surface area (Å²) < 4.78 is 2.23. The Morgan fingerprint density at radius 2 is 1.80 bits per heavy atom. The van der Waals surface area contributed by atoms with Crippen molar-refractivity contribution in [1.82, 2.24) is 4.57 Å². The molecule has 4 heteroatoms. The fourth-order valence-electron chi connectivity index (χ4n) is 3.29. The van der Waals surface area contributed by atoms with Crippen molar-refractivity contribution in [2.45, 2.75) is 39.1 Å². The summed E-state index contributed by atoms with van der Waals surface area (Å²) in [5, 5.41) is 4.29. The van der Waals surface area contributed by atoms with E-state index in [2.05, 4.69) is 60.3 Å². The summed E-state index contributed by atoms with van der Waals surface area (Å²) in [6.07, 6.45) is 2.14. The lowest BCUT2D eigenvalue weighted by atomic mass is 10.1. The smallest absolute Gasteiger partial charge is 0.234 e. The van der Waals surface area contributed by atoms with Crippen LogP contribution in [0.3, 0.4) is 0 Å². The van der Waals surface area contributed by atoms with Gasteiger partial charge in [-0.05, 0) is 44.9 Å². The van der Waals surface area contributed by atoms with Crippen LogP contribution in [0, 0.1) is 20.8 Å². The molecule has 0 unspecified atom stereocenters. The first kappa shape index (κ1) is 17.6. The van der Waals surface area contributed by atoms with E-state index >= 15 is 0 Å². The normalized spacial score (nSPS) is 11.0. The van der Waals surface area contributed by atoms with E-state index in [-0.39, 0.29) is 5.91 Å². The summed E-state index contributed by atoms with van der Waals surface area (Å²) in [7, 11) is 0. The molecule has 0 atom stereocenters. The Morgan fingerprint density at radius 3 is 2.48 bits per heavy atom. The molecule has 0 fully saturated rings. The fourth-order valence-corrected chi connectivity index (χ4v) is 4.17. The highest BCUT2D eigenvalue weighted by molar-refractivity contribution is 8.00. The number of rotatable bonds is 5. The quantitative estimate of drug-likeness (QED) is 0.631. The number of anilines is 1. The maximum atomic E-state index is 12.4. The Labute approximate surface area is 153 Å². The van der Waals surface area contributed by atoms with Crippen molar-refractivity contribution in [3.8, 4) is 0 Å². The minimum atomic E-state index is 0.0355. The van der Waals surface area contributed by atoms with Gasteiger partial charge in [-0.25, -0.2) is 0 Å². The number of nitrogens with zero attached hydrogens (tertiary/aromatic N) is 1. The standard InChI is InChI=1S/C21H24N2OS/c1-5-23-12-19(17-8-6-7-9-18(17)23)25-13-20(24)22-21-15(3)10-14(2)11-16(21)4/h6-12H,5,13H2,1-4H3,(H,22,24). The zero-order valence-corrected chi connectivity index (χ0v) is 16.0. The number of hydrogen-bond acceptors (Lipinski definition) is 2. The van der Waals surface area contributed by atoms with Crippen LogP contribution >= 0.6 is 11.8 Å². The summed E-state index contributed by atoms with van der Waals surface area (Å²) in [5.74, 6) is 0.443. The summed E-state index contributed by atoms with van der Waals surface area (Å²) in [4.78, 5) is 13.6. The number of carbonyl (C=O) groups excluding carboxylic acids is 1. The fraction of sp³-hybridized carbons (Fsp3) is 0.286. The van der Waals surface area contributed by atoms with E-state index in [0.29, 0.717) is 5.75 Å². The largest absolute Gasteiger partial charge is 0.347 e. The molecule has 1 aromatic heterocycles. The number of aryl methyl sites for hydroxylation is 4. The average molecular weight is 353 g/mol. The SMILES string of the molecule is CCn1cc(SCC(=O)Nc2c(C)cc(C)cc2C)c2ccccc21. The summed E-state index contributed by atoms with van der Waals surface area (Å²) >= 11 is 1.60. The number of fused-ring (bicyclic) bond motifs is 1. The molecule has 0 bridgehead atoms. The number of hydrogen-bond donors (Lipinski definition) is 1. The topological polar surface area (TPSA) is 34.0 Å². The first-order chi connectivity index (χ1) is 12.0. The predicted octanol–water partition coefficient (Wildman–Crippen LogP) is 5.32. The van der Waals surface area contributed by atoms with Gasteiger partial charge in [-0.3, -0.25) is 4.79 Å². The van der Waals surface area contributed by atoms with Crippen molar-refractivity contribution in [2.75, 3.05) is 11.1 Å². The molecule has 1 amide bonds. The molecule has 130 valence electrons. The van der Waals surface area contributed by atoms with Crippen LogP contribution in [-0.4, -0.2) is 16.2 Å². The van der Waals surface area contributed by atoms with Gasteiger partial charge < -0.3 is 9.88 Å². The van der Waals surface area contributed by atoms with Crippen molar-refractivity contribution in [2.24, 2.45) is 0 Å². The van der Waals surface area contributed by atoms with Gasteiger partial charge in [0.15, 0.2) is 0 Å². The van der Waals surface area contributed by atoms with E-state index in [1.54, 1.807) is 11.8 Å². The van der Waals surface area contributed by atoms with Crippen LogP contribution in [0.5, 0.6) is 0 Å². The van der Waals surface area contributed by atoms with Crippen molar-refractivity contribution in [3.05, 3.63) is 59.3 Å². The number of aromatic nitrogens is 1. The lowest BCUT2D eigenvalue weighted by Crippen LogP contribution is -2.15.